The number of halogens is 2. The Morgan fingerprint density at radius 3 is 2.94 bits per heavy atom. The zero-order valence-electron chi connectivity index (χ0n) is 19.2. The number of hydrogen-bond acceptors (Lipinski definition) is 6. The van der Waals surface area contributed by atoms with Crippen molar-refractivity contribution in [3.05, 3.63) is 41.6 Å². The van der Waals surface area contributed by atoms with E-state index in [9.17, 15) is 9.18 Å². The molecule has 2 N–H and O–H groups in total. The number of nitrogens with one attached hydrogen (secondary N) is 2. The molecule has 176 valence electrons. The standard InChI is InChI=1S/C24H30ClFN6O/c1-4-14(2)22(30-19-9-17(25)8-18(26)10-19)21(33)7-16-12-32(6-5-15(16)3)24-20-11-29-31-23(20)27-13-28-24/h8-11,13-16,22,30H,4-7,12H2,1-3H3,(H,27,28,29,31)/t14-,15-,16-,22+/m0/s1. The van der Waals surface area contributed by atoms with E-state index in [2.05, 4.69) is 44.2 Å². The highest BCUT2D eigenvalue weighted by Gasteiger charge is 2.33. The molecule has 7 nitrogen and oxygen atoms in total. The van der Waals surface area contributed by atoms with Crippen molar-refractivity contribution in [2.24, 2.45) is 17.8 Å². The lowest BCUT2D eigenvalue weighted by Gasteiger charge is -2.38. The highest BCUT2D eigenvalue weighted by atomic mass is 35.5. The van der Waals surface area contributed by atoms with Crippen LogP contribution in [0, 0.1) is 23.6 Å². The second kappa shape index (κ2) is 10.0. The quantitative estimate of drug-likeness (QED) is 0.474. The van der Waals surface area contributed by atoms with Crippen molar-refractivity contribution in [1.29, 1.82) is 0 Å². The molecule has 33 heavy (non-hydrogen) atoms. The number of benzene rings is 1. The fourth-order valence-corrected chi connectivity index (χ4v) is 4.81. The van der Waals surface area contributed by atoms with E-state index in [-0.39, 0.29) is 17.6 Å². The molecule has 1 aliphatic rings. The molecule has 0 amide bonds. The minimum absolute atomic E-state index is 0.0990. The van der Waals surface area contributed by atoms with Crippen molar-refractivity contribution in [3.63, 3.8) is 0 Å². The summed E-state index contributed by atoms with van der Waals surface area (Å²) in [4.78, 5) is 24.5. The summed E-state index contributed by atoms with van der Waals surface area (Å²) in [6.45, 7) is 7.92. The summed E-state index contributed by atoms with van der Waals surface area (Å²) in [5.74, 6) is 1.26. The second-order valence-electron chi connectivity index (χ2n) is 9.14. The predicted molar refractivity (Wildman–Crippen MR) is 129 cm³/mol. The minimum atomic E-state index is -0.424. The van der Waals surface area contributed by atoms with Gasteiger partial charge in [-0.3, -0.25) is 9.89 Å². The van der Waals surface area contributed by atoms with Gasteiger partial charge < -0.3 is 10.2 Å². The molecule has 0 spiro atoms. The van der Waals surface area contributed by atoms with Crippen molar-refractivity contribution in [2.75, 3.05) is 23.3 Å². The van der Waals surface area contributed by atoms with Gasteiger partial charge in [0.25, 0.3) is 0 Å². The fraction of sp³-hybridized carbons (Fsp3) is 0.500. The smallest absolute Gasteiger partial charge is 0.160 e. The maximum absolute atomic E-state index is 13.8. The van der Waals surface area contributed by atoms with Crippen LogP contribution in [0.2, 0.25) is 5.02 Å². The van der Waals surface area contributed by atoms with E-state index in [1.165, 1.54) is 12.1 Å². The van der Waals surface area contributed by atoms with Gasteiger partial charge in [-0.25, -0.2) is 14.4 Å². The van der Waals surface area contributed by atoms with Gasteiger partial charge in [0.1, 0.15) is 18.0 Å². The molecule has 4 rings (SSSR count). The van der Waals surface area contributed by atoms with Crippen LogP contribution in [0.25, 0.3) is 11.0 Å². The van der Waals surface area contributed by atoms with E-state index in [0.717, 1.165) is 37.1 Å². The summed E-state index contributed by atoms with van der Waals surface area (Å²) in [7, 11) is 0. The molecular formula is C24H30ClFN6O. The average molecular weight is 473 g/mol. The van der Waals surface area contributed by atoms with Gasteiger partial charge in [-0.05, 0) is 42.4 Å². The Kier molecular flexibility index (Phi) is 7.12. The molecule has 0 unspecified atom stereocenters. The molecule has 0 aliphatic carbocycles. The van der Waals surface area contributed by atoms with Crippen LogP contribution in [0.15, 0.2) is 30.7 Å². The van der Waals surface area contributed by atoms with Crippen LogP contribution in [-0.4, -0.2) is 45.1 Å². The Morgan fingerprint density at radius 2 is 2.18 bits per heavy atom. The second-order valence-corrected chi connectivity index (χ2v) is 9.57. The predicted octanol–water partition coefficient (Wildman–Crippen LogP) is 5.09. The van der Waals surface area contributed by atoms with E-state index >= 15 is 0 Å². The minimum Gasteiger partial charge on any atom is -0.375 e. The topological polar surface area (TPSA) is 86.8 Å². The number of carbonyl (C=O) groups excluding carboxylic acids is 1. The monoisotopic (exact) mass is 472 g/mol. The van der Waals surface area contributed by atoms with E-state index in [0.29, 0.717) is 28.7 Å². The molecule has 9 heteroatoms. The molecular weight excluding hydrogens is 443 g/mol. The number of H-pyrrole nitrogens is 1. The number of carbonyl (C=O) groups is 1. The number of ketones is 1. The van der Waals surface area contributed by atoms with Gasteiger partial charge in [-0.1, -0.05) is 38.8 Å². The number of fused-ring (bicyclic) bond motifs is 1. The van der Waals surface area contributed by atoms with E-state index in [1.54, 1.807) is 18.6 Å². The largest absolute Gasteiger partial charge is 0.375 e. The number of hydrogen-bond donors (Lipinski definition) is 2. The van der Waals surface area contributed by atoms with Crippen molar-refractivity contribution in [1.82, 2.24) is 20.2 Å². The molecule has 4 atom stereocenters. The fourth-order valence-electron chi connectivity index (χ4n) is 4.59. The molecule has 0 bridgehead atoms. The van der Waals surface area contributed by atoms with Gasteiger partial charge in [0.05, 0.1) is 17.6 Å². The van der Waals surface area contributed by atoms with E-state index < -0.39 is 11.9 Å². The lowest BCUT2D eigenvalue weighted by Crippen LogP contribution is -2.43. The van der Waals surface area contributed by atoms with Crippen LogP contribution in [-0.2, 0) is 4.79 Å². The van der Waals surface area contributed by atoms with Gasteiger partial charge in [-0.15, -0.1) is 0 Å². The van der Waals surface area contributed by atoms with Crippen molar-refractivity contribution in [3.8, 4) is 0 Å². The summed E-state index contributed by atoms with van der Waals surface area (Å²) in [5.41, 5.74) is 1.24. The normalized spacial score (nSPS) is 20.6. The third kappa shape index (κ3) is 5.27. The highest BCUT2D eigenvalue weighted by Crippen LogP contribution is 2.32. The average Bonchev–Trinajstić information content (AvgIpc) is 3.27. The number of Topliss-reactive ketones (excluding diaryl/α,β-unsaturated/α-hetero) is 1. The molecule has 1 fully saturated rings. The Hall–Kier alpha value is -2.74. The first kappa shape index (κ1) is 23.4. The van der Waals surface area contributed by atoms with Crippen LogP contribution >= 0.6 is 11.6 Å². The number of aromatic amines is 1. The Morgan fingerprint density at radius 1 is 1.36 bits per heavy atom. The number of piperidine rings is 1. The number of rotatable bonds is 8. The van der Waals surface area contributed by atoms with Crippen molar-refractivity contribution < 1.29 is 9.18 Å². The van der Waals surface area contributed by atoms with Crippen LogP contribution in [0.1, 0.15) is 40.0 Å². The summed E-state index contributed by atoms with van der Waals surface area (Å²) in [6.07, 6.45) is 5.54. The maximum atomic E-state index is 13.8. The van der Waals surface area contributed by atoms with Crippen LogP contribution in [0.5, 0.6) is 0 Å². The third-order valence-electron chi connectivity index (χ3n) is 6.85. The van der Waals surface area contributed by atoms with Gasteiger partial charge in [0, 0.05) is 30.2 Å². The van der Waals surface area contributed by atoms with Gasteiger partial charge in [0.2, 0.25) is 0 Å². The van der Waals surface area contributed by atoms with Crippen molar-refractivity contribution >= 4 is 39.9 Å². The molecule has 1 aromatic carbocycles. The zero-order chi connectivity index (χ0) is 23.5. The SMILES string of the molecule is CC[C@H](C)[C@@H](Nc1cc(F)cc(Cl)c1)C(=O)C[C@H]1CN(c2ncnc3[nH]ncc23)CC[C@@H]1C. The van der Waals surface area contributed by atoms with E-state index in [4.69, 9.17) is 11.6 Å². The Balaban J connectivity index is 1.50. The number of aromatic nitrogens is 4. The van der Waals surface area contributed by atoms with Gasteiger partial charge in [0.15, 0.2) is 11.4 Å². The Bertz CT molecular complexity index is 1100. The van der Waals surface area contributed by atoms with Gasteiger partial charge in [-0.2, -0.15) is 5.10 Å². The first-order valence-electron chi connectivity index (χ1n) is 11.5. The molecule has 2 aromatic heterocycles. The third-order valence-corrected chi connectivity index (χ3v) is 7.07. The summed E-state index contributed by atoms with van der Waals surface area (Å²) in [6, 6.07) is 3.89. The molecule has 1 aliphatic heterocycles. The highest BCUT2D eigenvalue weighted by molar-refractivity contribution is 6.30. The lowest BCUT2D eigenvalue weighted by molar-refractivity contribution is -0.122. The number of anilines is 2. The first-order valence-corrected chi connectivity index (χ1v) is 11.9. The van der Waals surface area contributed by atoms with E-state index in [1.807, 2.05) is 6.92 Å². The lowest BCUT2D eigenvalue weighted by atomic mass is 9.81. The van der Waals surface area contributed by atoms with Crippen LogP contribution in [0.3, 0.4) is 0 Å². The maximum Gasteiger partial charge on any atom is 0.160 e. The molecule has 0 saturated carbocycles. The van der Waals surface area contributed by atoms with Crippen molar-refractivity contribution in [2.45, 2.75) is 46.1 Å². The molecule has 0 radical (unpaired) electrons. The van der Waals surface area contributed by atoms with Gasteiger partial charge >= 0.3 is 0 Å². The summed E-state index contributed by atoms with van der Waals surface area (Å²) >= 11 is 6.02. The molecule has 3 heterocycles. The van der Waals surface area contributed by atoms with Crippen LogP contribution < -0.4 is 10.2 Å². The molecule has 1 saturated heterocycles. The summed E-state index contributed by atoms with van der Waals surface area (Å²) in [5, 5.41) is 11.4. The Labute approximate surface area is 198 Å². The first-order chi connectivity index (χ1) is 15.9. The number of nitrogens with zero attached hydrogens (tertiary/aromatic N) is 4. The zero-order valence-corrected chi connectivity index (χ0v) is 19.9. The molecule has 3 aromatic rings. The summed E-state index contributed by atoms with van der Waals surface area (Å²) < 4.78 is 13.8. The van der Waals surface area contributed by atoms with Crippen LogP contribution in [0.4, 0.5) is 15.9 Å².